The molecule has 1 aromatic heterocycles. The molecule has 3 rings (SSSR count). The van der Waals surface area contributed by atoms with E-state index >= 15 is 0 Å². The Balaban J connectivity index is 1.57. The Morgan fingerprint density at radius 3 is 2.38 bits per heavy atom. The predicted molar refractivity (Wildman–Crippen MR) is 98.8 cm³/mol. The van der Waals surface area contributed by atoms with Crippen LogP contribution in [0.25, 0.3) is 0 Å². The summed E-state index contributed by atoms with van der Waals surface area (Å²) >= 11 is 0. The molecule has 0 saturated carbocycles. The first-order chi connectivity index (χ1) is 11.5. The zero-order valence-corrected chi connectivity index (χ0v) is 14.7. The number of carbonyl (C=O) groups excluding carboxylic acids is 1. The standard InChI is InChI=1S/C19H26N4O/c1-14-12-16(15(2)20-14)13-19(24)21-17-4-6-18(7-5-17)23-10-8-22(3)9-11-23/h4-7,12,20H,8-11,13H2,1-3H3,(H,21,24). The van der Waals surface area contributed by atoms with Gasteiger partial charge < -0.3 is 20.1 Å². The van der Waals surface area contributed by atoms with Crippen LogP contribution in [0.15, 0.2) is 30.3 Å². The average Bonchev–Trinajstić information content (AvgIpc) is 2.86. The Labute approximate surface area is 143 Å². The molecule has 0 atom stereocenters. The van der Waals surface area contributed by atoms with Crippen LogP contribution in [0, 0.1) is 13.8 Å². The second-order valence-corrected chi connectivity index (χ2v) is 6.66. The number of aryl methyl sites for hydroxylation is 2. The Morgan fingerprint density at radius 2 is 1.79 bits per heavy atom. The molecule has 2 N–H and O–H groups in total. The van der Waals surface area contributed by atoms with Crippen molar-refractivity contribution in [2.45, 2.75) is 20.3 Å². The number of aromatic amines is 1. The molecular weight excluding hydrogens is 300 g/mol. The summed E-state index contributed by atoms with van der Waals surface area (Å²) < 4.78 is 0. The Bertz CT molecular complexity index is 697. The predicted octanol–water partition coefficient (Wildman–Crippen LogP) is 2.56. The Hall–Kier alpha value is -2.27. The summed E-state index contributed by atoms with van der Waals surface area (Å²) in [7, 11) is 2.16. The van der Waals surface area contributed by atoms with Crippen molar-refractivity contribution in [2.75, 3.05) is 43.4 Å². The van der Waals surface area contributed by atoms with Gasteiger partial charge in [0.25, 0.3) is 0 Å². The number of amides is 1. The van der Waals surface area contributed by atoms with Crippen LogP contribution >= 0.6 is 0 Å². The van der Waals surface area contributed by atoms with Crippen LogP contribution in [0.4, 0.5) is 11.4 Å². The number of aromatic nitrogens is 1. The fourth-order valence-corrected chi connectivity index (χ4v) is 3.16. The van der Waals surface area contributed by atoms with Crippen LogP contribution in [0.5, 0.6) is 0 Å². The summed E-state index contributed by atoms with van der Waals surface area (Å²) in [5.41, 5.74) is 5.28. The molecule has 0 spiro atoms. The summed E-state index contributed by atoms with van der Waals surface area (Å²) in [6.45, 7) is 8.29. The smallest absolute Gasteiger partial charge is 0.228 e. The first-order valence-electron chi connectivity index (χ1n) is 8.50. The third kappa shape index (κ3) is 3.97. The fourth-order valence-electron chi connectivity index (χ4n) is 3.16. The maximum Gasteiger partial charge on any atom is 0.228 e. The molecule has 1 aliphatic rings. The van der Waals surface area contributed by atoms with E-state index in [4.69, 9.17) is 0 Å². The van der Waals surface area contributed by atoms with Gasteiger partial charge in [-0.1, -0.05) is 0 Å². The lowest BCUT2D eigenvalue weighted by Crippen LogP contribution is -2.44. The molecule has 2 heterocycles. The van der Waals surface area contributed by atoms with Gasteiger partial charge in [0.15, 0.2) is 0 Å². The molecule has 0 radical (unpaired) electrons. The third-order valence-corrected chi connectivity index (χ3v) is 4.63. The number of piperazine rings is 1. The van der Waals surface area contributed by atoms with E-state index in [2.05, 4.69) is 39.3 Å². The van der Waals surface area contributed by atoms with Crippen molar-refractivity contribution < 1.29 is 4.79 Å². The highest BCUT2D eigenvalue weighted by Gasteiger charge is 2.14. The lowest BCUT2D eigenvalue weighted by molar-refractivity contribution is -0.115. The molecular formula is C19H26N4O. The SMILES string of the molecule is Cc1cc(CC(=O)Nc2ccc(N3CCN(C)CC3)cc2)c(C)[nH]1. The normalized spacial score (nSPS) is 15.5. The summed E-state index contributed by atoms with van der Waals surface area (Å²) in [6, 6.07) is 10.2. The molecule has 1 aliphatic heterocycles. The van der Waals surface area contributed by atoms with E-state index in [0.717, 1.165) is 48.8 Å². The van der Waals surface area contributed by atoms with Crippen LogP contribution in [-0.4, -0.2) is 49.0 Å². The maximum atomic E-state index is 12.2. The van der Waals surface area contributed by atoms with Crippen molar-refractivity contribution in [2.24, 2.45) is 0 Å². The van der Waals surface area contributed by atoms with Crippen LogP contribution in [-0.2, 0) is 11.2 Å². The van der Waals surface area contributed by atoms with Gasteiger partial charge in [0.05, 0.1) is 6.42 Å². The number of carbonyl (C=O) groups is 1. The number of hydrogen-bond donors (Lipinski definition) is 2. The minimum atomic E-state index is 0.0180. The highest BCUT2D eigenvalue weighted by Crippen LogP contribution is 2.19. The second kappa shape index (κ2) is 7.09. The first-order valence-corrected chi connectivity index (χ1v) is 8.50. The Kier molecular flexibility index (Phi) is 4.90. The van der Waals surface area contributed by atoms with Crippen molar-refractivity contribution in [3.05, 3.63) is 47.3 Å². The van der Waals surface area contributed by atoms with Gasteiger partial charge in [-0.15, -0.1) is 0 Å². The van der Waals surface area contributed by atoms with Crippen molar-refractivity contribution >= 4 is 17.3 Å². The molecule has 1 fully saturated rings. The van der Waals surface area contributed by atoms with E-state index in [1.54, 1.807) is 0 Å². The zero-order valence-electron chi connectivity index (χ0n) is 14.7. The number of benzene rings is 1. The van der Waals surface area contributed by atoms with Gasteiger partial charge in [-0.05, 0) is 56.8 Å². The van der Waals surface area contributed by atoms with Gasteiger partial charge in [-0.25, -0.2) is 0 Å². The van der Waals surface area contributed by atoms with Crippen LogP contribution in [0.2, 0.25) is 0 Å². The number of nitrogens with one attached hydrogen (secondary N) is 2. The molecule has 128 valence electrons. The number of rotatable bonds is 4. The number of hydrogen-bond acceptors (Lipinski definition) is 3. The molecule has 1 aromatic carbocycles. The average molecular weight is 326 g/mol. The largest absolute Gasteiger partial charge is 0.369 e. The number of nitrogens with zero attached hydrogens (tertiary/aromatic N) is 2. The van der Waals surface area contributed by atoms with Gasteiger partial charge in [0.1, 0.15) is 0 Å². The van der Waals surface area contributed by atoms with Gasteiger partial charge in [0.2, 0.25) is 5.91 Å². The molecule has 2 aromatic rings. The van der Waals surface area contributed by atoms with Crippen molar-refractivity contribution in [1.29, 1.82) is 0 Å². The molecule has 5 nitrogen and oxygen atoms in total. The van der Waals surface area contributed by atoms with Gasteiger partial charge >= 0.3 is 0 Å². The van der Waals surface area contributed by atoms with E-state index in [9.17, 15) is 4.79 Å². The van der Waals surface area contributed by atoms with E-state index in [1.165, 1.54) is 5.69 Å². The maximum absolute atomic E-state index is 12.2. The molecule has 1 amide bonds. The molecule has 5 heteroatoms. The minimum absolute atomic E-state index is 0.0180. The van der Waals surface area contributed by atoms with E-state index < -0.39 is 0 Å². The minimum Gasteiger partial charge on any atom is -0.369 e. The van der Waals surface area contributed by atoms with Gasteiger partial charge in [-0.2, -0.15) is 0 Å². The van der Waals surface area contributed by atoms with E-state index in [-0.39, 0.29) is 5.91 Å². The zero-order chi connectivity index (χ0) is 17.1. The van der Waals surface area contributed by atoms with E-state index in [1.807, 2.05) is 32.0 Å². The second-order valence-electron chi connectivity index (χ2n) is 6.66. The quantitative estimate of drug-likeness (QED) is 0.908. The lowest BCUT2D eigenvalue weighted by Gasteiger charge is -2.34. The summed E-state index contributed by atoms with van der Waals surface area (Å²) in [5.74, 6) is 0.0180. The van der Waals surface area contributed by atoms with Crippen molar-refractivity contribution in [3.8, 4) is 0 Å². The molecule has 24 heavy (non-hydrogen) atoms. The summed E-state index contributed by atoms with van der Waals surface area (Å²) in [5, 5.41) is 2.98. The Morgan fingerprint density at radius 1 is 1.12 bits per heavy atom. The number of H-pyrrole nitrogens is 1. The summed E-state index contributed by atoms with van der Waals surface area (Å²) in [4.78, 5) is 20.2. The van der Waals surface area contributed by atoms with Gasteiger partial charge in [0, 0.05) is 48.9 Å². The third-order valence-electron chi connectivity index (χ3n) is 4.63. The monoisotopic (exact) mass is 326 g/mol. The first kappa shape index (κ1) is 16.6. The van der Waals surface area contributed by atoms with Gasteiger partial charge in [-0.3, -0.25) is 4.79 Å². The van der Waals surface area contributed by atoms with Crippen LogP contribution in [0.1, 0.15) is 17.0 Å². The molecule has 0 aliphatic carbocycles. The van der Waals surface area contributed by atoms with Crippen molar-refractivity contribution in [1.82, 2.24) is 9.88 Å². The highest BCUT2D eigenvalue weighted by atomic mass is 16.1. The highest BCUT2D eigenvalue weighted by molar-refractivity contribution is 5.92. The number of anilines is 2. The molecule has 1 saturated heterocycles. The molecule has 0 unspecified atom stereocenters. The van der Waals surface area contributed by atoms with Crippen molar-refractivity contribution in [3.63, 3.8) is 0 Å². The van der Waals surface area contributed by atoms with E-state index in [0.29, 0.717) is 6.42 Å². The number of likely N-dealkylation sites (N-methyl/N-ethyl adjacent to an activating group) is 1. The lowest BCUT2D eigenvalue weighted by atomic mass is 10.1. The topological polar surface area (TPSA) is 51.4 Å². The van der Waals surface area contributed by atoms with Crippen LogP contribution in [0.3, 0.4) is 0 Å². The van der Waals surface area contributed by atoms with Crippen LogP contribution < -0.4 is 10.2 Å². The fraction of sp³-hybridized carbons (Fsp3) is 0.421. The summed E-state index contributed by atoms with van der Waals surface area (Å²) in [6.07, 6.45) is 0.399. The molecule has 0 bridgehead atoms.